The minimum Gasteiger partial charge on any atom is -0.383 e. The lowest BCUT2D eigenvalue weighted by Crippen LogP contribution is -2.18. The summed E-state index contributed by atoms with van der Waals surface area (Å²) in [6.07, 6.45) is 3.24. The lowest BCUT2D eigenvalue weighted by atomic mass is 10.2. The third-order valence-electron chi connectivity index (χ3n) is 3.59. The number of fused-ring (bicyclic) bond motifs is 1. The molecule has 0 unspecified atom stereocenters. The van der Waals surface area contributed by atoms with E-state index in [9.17, 15) is 4.79 Å². The number of aromatic nitrogens is 1. The van der Waals surface area contributed by atoms with Gasteiger partial charge in [0.2, 0.25) is 0 Å². The van der Waals surface area contributed by atoms with Crippen LogP contribution in [0.3, 0.4) is 0 Å². The van der Waals surface area contributed by atoms with Crippen molar-refractivity contribution in [1.29, 1.82) is 0 Å². The topological polar surface area (TPSA) is 43.6 Å². The first-order chi connectivity index (χ1) is 12.2. The molecule has 0 bridgehead atoms. The van der Waals surface area contributed by atoms with Gasteiger partial charge in [-0.2, -0.15) is 4.99 Å². The van der Waals surface area contributed by atoms with Gasteiger partial charge in [-0.3, -0.25) is 4.79 Å². The number of carbonyl (C=O) groups is 1. The van der Waals surface area contributed by atoms with Crippen LogP contribution in [-0.4, -0.2) is 24.2 Å². The predicted molar refractivity (Wildman–Crippen MR) is 103 cm³/mol. The molecule has 1 heterocycles. The highest BCUT2D eigenvalue weighted by molar-refractivity contribution is 7.16. The van der Waals surface area contributed by atoms with E-state index >= 15 is 0 Å². The highest BCUT2D eigenvalue weighted by atomic mass is 35.5. The first-order valence-corrected chi connectivity index (χ1v) is 8.96. The van der Waals surface area contributed by atoms with Gasteiger partial charge in [-0.25, -0.2) is 0 Å². The molecule has 0 fully saturated rings. The van der Waals surface area contributed by atoms with E-state index in [-0.39, 0.29) is 5.91 Å². The number of thiazole rings is 1. The molecule has 0 saturated carbocycles. The van der Waals surface area contributed by atoms with Crippen LogP contribution in [0.25, 0.3) is 16.3 Å². The van der Waals surface area contributed by atoms with Gasteiger partial charge in [0.15, 0.2) is 4.80 Å². The summed E-state index contributed by atoms with van der Waals surface area (Å²) in [6.45, 7) is 1.16. The second kappa shape index (κ2) is 8.25. The van der Waals surface area contributed by atoms with Gasteiger partial charge in [-0.05, 0) is 29.8 Å². The van der Waals surface area contributed by atoms with Crippen LogP contribution in [0.15, 0.2) is 59.6 Å². The summed E-state index contributed by atoms with van der Waals surface area (Å²) in [4.78, 5) is 17.1. The molecule has 1 aromatic heterocycles. The molecule has 0 radical (unpaired) electrons. The molecule has 0 aliphatic heterocycles. The van der Waals surface area contributed by atoms with Crippen LogP contribution in [0, 0.1) is 0 Å². The largest absolute Gasteiger partial charge is 0.383 e. The van der Waals surface area contributed by atoms with Crippen molar-refractivity contribution in [2.75, 3.05) is 13.7 Å². The van der Waals surface area contributed by atoms with Crippen LogP contribution < -0.4 is 4.80 Å². The van der Waals surface area contributed by atoms with Crippen molar-refractivity contribution in [1.82, 2.24) is 4.57 Å². The number of carbonyl (C=O) groups excluding carboxylic acids is 1. The Kier molecular flexibility index (Phi) is 5.81. The summed E-state index contributed by atoms with van der Waals surface area (Å²) in [5, 5.41) is 0.662. The van der Waals surface area contributed by atoms with Crippen LogP contribution in [0.4, 0.5) is 0 Å². The summed E-state index contributed by atoms with van der Waals surface area (Å²) in [7, 11) is 1.65. The van der Waals surface area contributed by atoms with Crippen molar-refractivity contribution >= 4 is 45.1 Å². The number of ether oxygens (including phenoxy) is 1. The van der Waals surface area contributed by atoms with E-state index in [4.69, 9.17) is 16.3 Å². The van der Waals surface area contributed by atoms with Crippen molar-refractivity contribution in [2.45, 2.75) is 6.54 Å². The number of nitrogens with zero attached hydrogens (tertiary/aromatic N) is 2. The summed E-state index contributed by atoms with van der Waals surface area (Å²) < 4.78 is 8.14. The first-order valence-electron chi connectivity index (χ1n) is 7.77. The predicted octanol–water partition coefficient (Wildman–Crippen LogP) is 4.14. The maximum Gasteiger partial charge on any atom is 0.272 e. The zero-order valence-electron chi connectivity index (χ0n) is 13.7. The highest BCUT2D eigenvalue weighted by Crippen LogP contribution is 2.21. The van der Waals surface area contributed by atoms with E-state index in [1.54, 1.807) is 13.2 Å². The van der Waals surface area contributed by atoms with E-state index in [1.807, 2.05) is 53.1 Å². The Bertz CT molecular complexity index is 974. The van der Waals surface area contributed by atoms with Gasteiger partial charge >= 0.3 is 0 Å². The fourth-order valence-electron chi connectivity index (χ4n) is 2.39. The van der Waals surface area contributed by atoms with Gasteiger partial charge in [0.1, 0.15) is 0 Å². The monoisotopic (exact) mass is 372 g/mol. The number of amides is 1. The Labute approximate surface area is 154 Å². The summed E-state index contributed by atoms with van der Waals surface area (Å²) in [5.41, 5.74) is 1.95. The normalized spacial score (nSPS) is 12.3. The van der Waals surface area contributed by atoms with Gasteiger partial charge in [-0.1, -0.05) is 53.3 Å². The SMILES string of the molecule is COCCn1c(=NC(=O)/C=C/c2ccccc2)sc2cc(Cl)ccc21. The maximum absolute atomic E-state index is 12.2. The summed E-state index contributed by atoms with van der Waals surface area (Å²) in [6, 6.07) is 15.3. The number of methoxy groups -OCH3 is 1. The number of hydrogen-bond acceptors (Lipinski definition) is 3. The molecule has 25 heavy (non-hydrogen) atoms. The molecule has 0 atom stereocenters. The molecule has 128 valence electrons. The lowest BCUT2D eigenvalue weighted by Gasteiger charge is -2.03. The Balaban J connectivity index is 1.96. The standard InChI is InChI=1S/C19H17ClN2O2S/c1-24-12-11-22-16-9-8-15(20)13-17(16)25-19(22)21-18(23)10-7-14-5-3-2-4-6-14/h2-10,13H,11-12H2,1H3/b10-7+,21-19?. The van der Waals surface area contributed by atoms with E-state index in [2.05, 4.69) is 4.99 Å². The van der Waals surface area contributed by atoms with Crippen molar-refractivity contribution in [2.24, 2.45) is 4.99 Å². The number of benzene rings is 2. The third-order valence-corrected chi connectivity index (χ3v) is 4.86. The average Bonchev–Trinajstić information content (AvgIpc) is 2.95. The van der Waals surface area contributed by atoms with Gasteiger partial charge in [-0.15, -0.1) is 0 Å². The molecule has 6 heteroatoms. The maximum atomic E-state index is 12.2. The summed E-state index contributed by atoms with van der Waals surface area (Å²) in [5.74, 6) is -0.298. The quantitative estimate of drug-likeness (QED) is 0.631. The van der Waals surface area contributed by atoms with Gasteiger partial charge in [0.25, 0.3) is 5.91 Å². The van der Waals surface area contributed by atoms with E-state index in [1.165, 1.54) is 17.4 Å². The Morgan fingerprint density at radius 1 is 1.28 bits per heavy atom. The average molecular weight is 373 g/mol. The first kappa shape index (κ1) is 17.6. The van der Waals surface area contributed by atoms with Crippen LogP contribution in [0.5, 0.6) is 0 Å². The molecule has 0 aliphatic carbocycles. The zero-order chi connectivity index (χ0) is 17.6. The second-order valence-electron chi connectivity index (χ2n) is 5.34. The highest BCUT2D eigenvalue weighted by Gasteiger charge is 2.07. The van der Waals surface area contributed by atoms with Gasteiger partial charge < -0.3 is 9.30 Å². The van der Waals surface area contributed by atoms with Crippen LogP contribution >= 0.6 is 22.9 Å². The molecule has 2 aromatic carbocycles. The molecule has 1 amide bonds. The molecule has 0 saturated heterocycles. The Morgan fingerprint density at radius 2 is 2.08 bits per heavy atom. The smallest absolute Gasteiger partial charge is 0.272 e. The summed E-state index contributed by atoms with van der Waals surface area (Å²) >= 11 is 7.51. The van der Waals surface area contributed by atoms with Crippen molar-refractivity contribution in [3.8, 4) is 0 Å². The molecular weight excluding hydrogens is 356 g/mol. The fourth-order valence-corrected chi connectivity index (χ4v) is 3.73. The van der Waals surface area contributed by atoms with Crippen LogP contribution in [0.2, 0.25) is 5.02 Å². The molecule has 4 nitrogen and oxygen atoms in total. The van der Waals surface area contributed by atoms with Crippen molar-refractivity contribution in [3.63, 3.8) is 0 Å². The van der Waals surface area contributed by atoms with Gasteiger partial charge in [0, 0.05) is 24.8 Å². The number of hydrogen-bond donors (Lipinski definition) is 0. The van der Waals surface area contributed by atoms with Crippen LogP contribution in [0.1, 0.15) is 5.56 Å². The molecule has 0 aliphatic rings. The van der Waals surface area contributed by atoms with Crippen molar-refractivity contribution < 1.29 is 9.53 Å². The zero-order valence-corrected chi connectivity index (χ0v) is 15.3. The molecule has 0 N–H and O–H groups in total. The Morgan fingerprint density at radius 3 is 2.84 bits per heavy atom. The number of halogens is 1. The molecular formula is C19H17ClN2O2S. The van der Waals surface area contributed by atoms with E-state index in [0.717, 1.165) is 15.8 Å². The van der Waals surface area contributed by atoms with E-state index < -0.39 is 0 Å². The fraction of sp³-hybridized carbons (Fsp3) is 0.158. The third kappa shape index (κ3) is 4.45. The minimum atomic E-state index is -0.298. The minimum absolute atomic E-state index is 0.298. The molecule has 3 rings (SSSR count). The van der Waals surface area contributed by atoms with Crippen molar-refractivity contribution in [3.05, 3.63) is 70.0 Å². The van der Waals surface area contributed by atoms with Gasteiger partial charge in [0.05, 0.1) is 16.8 Å². The lowest BCUT2D eigenvalue weighted by molar-refractivity contribution is -0.113. The number of rotatable bonds is 5. The van der Waals surface area contributed by atoms with Crippen LogP contribution in [-0.2, 0) is 16.1 Å². The second-order valence-corrected chi connectivity index (χ2v) is 6.78. The Hall–Kier alpha value is -2.21. The molecule has 0 spiro atoms. The molecule has 3 aromatic rings. The van der Waals surface area contributed by atoms with E-state index in [0.29, 0.717) is 23.0 Å².